The minimum Gasteiger partial charge on any atom is -0.481 e. The molecule has 0 aliphatic heterocycles. The average Bonchev–Trinajstić information content (AvgIpc) is 2.43. The number of allylic oxidation sites excluding steroid dienone is 4. The normalized spacial score (nSPS) is 9.84. The Balaban J connectivity index is -0.000000579. The summed E-state index contributed by atoms with van der Waals surface area (Å²) < 4.78 is 0. The Morgan fingerprint density at radius 2 is 1.74 bits per heavy atom. The standard InChI is InChI=1S/C11H14O3S.2C2H6/c1-3-5-6-10(4-2)15-8-9(12)7-11(13)14;2*1-2/h3-6H,1,7-8H2,2H3,(H,13,14);2*1-2H3/b6-5-,10-4+;;. The Labute approximate surface area is 121 Å². The quantitative estimate of drug-likeness (QED) is 0.554. The summed E-state index contributed by atoms with van der Waals surface area (Å²) in [6.45, 7) is 13.4. The zero-order valence-electron chi connectivity index (χ0n) is 12.6. The number of hydrogen-bond donors (Lipinski definition) is 1. The molecule has 0 radical (unpaired) electrons. The van der Waals surface area contributed by atoms with E-state index in [2.05, 4.69) is 6.58 Å². The molecule has 0 fully saturated rings. The summed E-state index contributed by atoms with van der Waals surface area (Å²) in [6.07, 6.45) is 6.69. The maximum Gasteiger partial charge on any atom is 0.310 e. The van der Waals surface area contributed by atoms with E-state index in [1.165, 1.54) is 11.8 Å². The van der Waals surface area contributed by atoms with Gasteiger partial charge in [0.1, 0.15) is 6.42 Å². The predicted molar refractivity (Wildman–Crippen MR) is 85.5 cm³/mol. The largest absolute Gasteiger partial charge is 0.481 e. The van der Waals surface area contributed by atoms with Gasteiger partial charge in [0.2, 0.25) is 0 Å². The summed E-state index contributed by atoms with van der Waals surface area (Å²) in [5.74, 6) is -1.17. The van der Waals surface area contributed by atoms with E-state index >= 15 is 0 Å². The van der Waals surface area contributed by atoms with Crippen LogP contribution in [0.3, 0.4) is 0 Å². The zero-order valence-corrected chi connectivity index (χ0v) is 13.4. The molecule has 4 heteroatoms. The fourth-order valence-corrected chi connectivity index (χ4v) is 1.55. The van der Waals surface area contributed by atoms with Gasteiger partial charge in [-0.25, -0.2) is 0 Å². The molecule has 0 aromatic rings. The summed E-state index contributed by atoms with van der Waals surface area (Å²) in [7, 11) is 0. The third-order valence-corrected chi connectivity index (χ3v) is 2.60. The number of thioether (sulfide) groups is 1. The number of ketones is 1. The summed E-state index contributed by atoms with van der Waals surface area (Å²) in [5, 5.41) is 8.38. The van der Waals surface area contributed by atoms with E-state index in [4.69, 9.17) is 5.11 Å². The van der Waals surface area contributed by atoms with Crippen molar-refractivity contribution in [2.24, 2.45) is 0 Å². The molecule has 19 heavy (non-hydrogen) atoms. The zero-order chi connectivity index (χ0) is 15.7. The first kappa shape index (κ1) is 22.9. The average molecular weight is 286 g/mol. The number of carbonyl (C=O) groups is 2. The van der Waals surface area contributed by atoms with Crippen LogP contribution in [0.1, 0.15) is 41.0 Å². The second kappa shape index (κ2) is 19.1. The number of carboxylic acids is 1. The monoisotopic (exact) mass is 286 g/mol. The van der Waals surface area contributed by atoms with Gasteiger partial charge in [0.25, 0.3) is 0 Å². The van der Waals surface area contributed by atoms with Crippen molar-refractivity contribution in [3.8, 4) is 0 Å². The lowest BCUT2D eigenvalue weighted by Crippen LogP contribution is -2.08. The van der Waals surface area contributed by atoms with Crippen LogP contribution in [0, 0.1) is 0 Å². The molecule has 0 aliphatic carbocycles. The molecule has 0 heterocycles. The smallest absolute Gasteiger partial charge is 0.310 e. The van der Waals surface area contributed by atoms with E-state index < -0.39 is 12.4 Å². The molecular weight excluding hydrogens is 260 g/mol. The number of hydrogen-bond acceptors (Lipinski definition) is 3. The van der Waals surface area contributed by atoms with E-state index in [9.17, 15) is 9.59 Å². The summed E-state index contributed by atoms with van der Waals surface area (Å²) in [5.41, 5.74) is 0. The van der Waals surface area contributed by atoms with Gasteiger partial charge in [0.15, 0.2) is 5.78 Å². The Morgan fingerprint density at radius 1 is 1.21 bits per heavy atom. The van der Waals surface area contributed by atoms with Crippen molar-refractivity contribution in [2.75, 3.05) is 5.75 Å². The van der Waals surface area contributed by atoms with E-state index in [1.54, 1.807) is 12.2 Å². The van der Waals surface area contributed by atoms with E-state index in [0.29, 0.717) is 0 Å². The van der Waals surface area contributed by atoms with Gasteiger partial charge in [0, 0.05) is 4.91 Å². The van der Waals surface area contributed by atoms with Crippen LogP contribution in [0.15, 0.2) is 35.8 Å². The van der Waals surface area contributed by atoms with Crippen LogP contribution in [0.4, 0.5) is 0 Å². The number of carbonyl (C=O) groups excluding carboxylic acids is 1. The lowest BCUT2D eigenvalue weighted by Gasteiger charge is -1.99. The highest BCUT2D eigenvalue weighted by Gasteiger charge is 2.07. The molecule has 0 rings (SSSR count). The van der Waals surface area contributed by atoms with Crippen LogP contribution < -0.4 is 0 Å². The topological polar surface area (TPSA) is 54.4 Å². The maximum atomic E-state index is 11.1. The molecule has 0 amide bonds. The molecule has 0 aliphatic rings. The molecule has 0 bridgehead atoms. The molecule has 0 spiro atoms. The van der Waals surface area contributed by atoms with Gasteiger partial charge < -0.3 is 5.11 Å². The van der Waals surface area contributed by atoms with Crippen molar-refractivity contribution in [3.63, 3.8) is 0 Å². The van der Waals surface area contributed by atoms with Crippen molar-refractivity contribution in [1.29, 1.82) is 0 Å². The highest BCUT2D eigenvalue weighted by Crippen LogP contribution is 2.17. The molecule has 3 nitrogen and oxygen atoms in total. The van der Waals surface area contributed by atoms with Gasteiger partial charge in [-0.3, -0.25) is 9.59 Å². The second-order valence-electron chi connectivity index (χ2n) is 2.68. The molecule has 110 valence electrons. The Morgan fingerprint density at radius 3 is 2.11 bits per heavy atom. The fourth-order valence-electron chi connectivity index (χ4n) is 0.774. The predicted octanol–water partition coefficient (Wildman–Crippen LogP) is 4.46. The SMILES string of the molecule is C=C/C=C\C(=C/C)SCC(=O)CC(=O)O.CC.CC. The molecule has 0 atom stereocenters. The van der Waals surface area contributed by atoms with Crippen molar-refractivity contribution >= 4 is 23.5 Å². The van der Waals surface area contributed by atoms with Crippen LogP contribution in [-0.2, 0) is 9.59 Å². The van der Waals surface area contributed by atoms with E-state index in [-0.39, 0.29) is 11.5 Å². The van der Waals surface area contributed by atoms with Crippen molar-refractivity contribution in [3.05, 3.63) is 35.8 Å². The maximum absolute atomic E-state index is 11.1. The summed E-state index contributed by atoms with van der Waals surface area (Å²) in [4.78, 5) is 22.2. The number of Topliss-reactive ketones (excluding diaryl/α,β-unsaturated/α-hetero) is 1. The minimum atomic E-state index is -1.08. The Kier molecular flexibility index (Phi) is 22.9. The van der Waals surface area contributed by atoms with E-state index in [1.807, 2.05) is 46.8 Å². The molecule has 0 aromatic carbocycles. The lowest BCUT2D eigenvalue weighted by molar-refractivity contribution is -0.139. The molecule has 0 unspecified atom stereocenters. The van der Waals surface area contributed by atoms with E-state index in [0.717, 1.165) is 4.91 Å². The number of aliphatic carboxylic acids is 1. The first-order valence-electron chi connectivity index (χ1n) is 6.41. The lowest BCUT2D eigenvalue weighted by atomic mass is 10.3. The molecular formula is C15H26O3S. The summed E-state index contributed by atoms with van der Waals surface area (Å²) in [6, 6.07) is 0. The minimum absolute atomic E-state index is 0.188. The van der Waals surface area contributed by atoms with Gasteiger partial charge in [-0.1, -0.05) is 52.5 Å². The number of carboxylic acid groups (broad SMARTS) is 1. The molecule has 1 N–H and O–H groups in total. The Bertz CT molecular complexity index is 305. The van der Waals surface area contributed by atoms with Crippen molar-refractivity contribution < 1.29 is 14.7 Å². The highest BCUT2D eigenvalue weighted by atomic mass is 32.2. The van der Waals surface area contributed by atoms with Crippen molar-refractivity contribution in [2.45, 2.75) is 41.0 Å². The van der Waals surface area contributed by atoms with Crippen molar-refractivity contribution in [1.82, 2.24) is 0 Å². The first-order chi connectivity index (χ1) is 9.10. The van der Waals surface area contributed by atoms with Crippen LogP contribution in [0.25, 0.3) is 0 Å². The third kappa shape index (κ3) is 19.2. The second-order valence-corrected chi connectivity index (χ2v) is 3.73. The molecule has 0 saturated heterocycles. The summed E-state index contributed by atoms with van der Waals surface area (Å²) >= 11 is 1.33. The van der Waals surface area contributed by atoms with Gasteiger partial charge in [-0.2, -0.15) is 0 Å². The van der Waals surface area contributed by atoms with Crippen LogP contribution >= 0.6 is 11.8 Å². The Hall–Kier alpha value is -1.29. The molecule has 0 aromatic heterocycles. The van der Waals surface area contributed by atoms with Crippen LogP contribution in [-0.4, -0.2) is 22.6 Å². The van der Waals surface area contributed by atoms with Gasteiger partial charge in [0.05, 0.1) is 5.75 Å². The van der Waals surface area contributed by atoms with Crippen LogP contribution in [0.5, 0.6) is 0 Å². The van der Waals surface area contributed by atoms with Crippen LogP contribution in [0.2, 0.25) is 0 Å². The fraction of sp³-hybridized carbons (Fsp3) is 0.467. The highest BCUT2D eigenvalue weighted by molar-refractivity contribution is 8.03. The third-order valence-electron chi connectivity index (χ3n) is 1.43. The number of rotatable bonds is 7. The van der Waals surface area contributed by atoms with Gasteiger partial charge in [-0.15, -0.1) is 11.8 Å². The molecule has 0 saturated carbocycles. The first-order valence-corrected chi connectivity index (χ1v) is 7.40. The van der Waals surface area contributed by atoms with Gasteiger partial charge >= 0.3 is 5.97 Å². The van der Waals surface area contributed by atoms with Gasteiger partial charge in [-0.05, 0) is 13.0 Å².